The summed E-state index contributed by atoms with van der Waals surface area (Å²) >= 11 is 0. The van der Waals surface area contributed by atoms with Crippen molar-refractivity contribution >= 4 is 39.8 Å². The number of fused-ring (bicyclic) bond motifs is 1. The van der Waals surface area contributed by atoms with E-state index in [9.17, 15) is 10.1 Å². The molecule has 0 aliphatic heterocycles. The van der Waals surface area contributed by atoms with Gasteiger partial charge < -0.3 is 29.7 Å². The van der Waals surface area contributed by atoms with Gasteiger partial charge in [-0.2, -0.15) is 5.26 Å². The van der Waals surface area contributed by atoms with E-state index >= 15 is 0 Å². The number of nitriles is 1. The fourth-order valence-corrected chi connectivity index (χ4v) is 4.59. The normalized spacial score (nSPS) is 10.8. The lowest BCUT2D eigenvalue weighted by molar-refractivity contribution is -0.111. The van der Waals surface area contributed by atoms with Crippen LogP contribution in [0.5, 0.6) is 5.75 Å². The van der Waals surface area contributed by atoms with E-state index in [1.165, 1.54) is 6.08 Å². The van der Waals surface area contributed by atoms with Gasteiger partial charge in [0.1, 0.15) is 5.75 Å². The predicted octanol–water partition coefficient (Wildman–Crippen LogP) is 4.69. The number of methoxy groups -OCH3 is 1. The molecule has 4 rings (SSSR count). The molecule has 0 aliphatic rings. The zero-order valence-corrected chi connectivity index (χ0v) is 23.7. The van der Waals surface area contributed by atoms with E-state index in [1.807, 2.05) is 64.1 Å². The molecule has 0 atom stereocenters. The van der Waals surface area contributed by atoms with Gasteiger partial charge in [0.25, 0.3) is 0 Å². The average Bonchev–Trinajstić information content (AvgIpc) is 3.24. The van der Waals surface area contributed by atoms with E-state index in [0.717, 1.165) is 40.8 Å². The number of benzene rings is 2. The fourth-order valence-electron chi connectivity index (χ4n) is 4.59. The standard InChI is InChI=1S/C30H34N8O2/c1-8-28(39)33-23-15-24(27(40-7)16-25(23)37(5)12-11-36(3)4)35-30-32-10-9-22(34-30)20-13-21(17-31)29-19(2)18-38(6)26(29)14-20/h8-10,13-16,18H,1,11-12H2,2-7H3,(H,33,39)(H,32,34,35). The highest BCUT2D eigenvalue weighted by molar-refractivity contribution is 6.02. The number of aryl methyl sites for hydroxylation is 2. The molecule has 2 aromatic heterocycles. The summed E-state index contributed by atoms with van der Waals surface area (Å²) < 4.78 is 7.71. The van der Waals surface area contributed by atoms with Crippen LogP contribution in [-0.2, 0) is 11.8 Å². The fraction of sp³-hybridized carbons (Fsp3) is 0.267. The predicted molar refractivity (Wildman–Crippen MR) is 160 cm³/mol. The molecule has 0 fully saturated rings. The zero-order valence-electron chi connectivity index (χ0n) is 23.7. The zero-order chi connectivity index (χ0) is 29.0. The van der Waals surface area contributed by atoms with E-state index in [1.54, 1.807) is 25.4 Å². The Morgan fingerprint density at radius 2 is 1.98 bits per heavy atom. The molecule has 0 spiro atoms. The van der Waals surface area contributed by atoms with E-state index in [4.69, 9.17) is 9.72 Å². The molecule has 2 heterocycles. The second-order valence-corrected chi connectivity index (χ2v) is 9.83. The van der Waals surface area contributed by atoms with Crippen LogP contribution in [0.15, 0.2) is 55.4 Å². The third-order valence-corrected chi connectivity index (χ3v) is 6.65. The van der Waals surface area contributed by atoms with Crippen molar-refractivity contribution in [2.45, 2.75) is 6.92 Å². The lowest BCUT2D eigenvalue weighted by Crippen LogP contribution is -2.29. The Morgan fingerprint density at radius 3 is 2.65 bits per heavy atom. The summed E-state index contributed by atoms with van der Waals surface area (Å²) in [7, 11) is 9.53. The van der Waals surface area contributed by atoms with Crippen molar-refractivity contribution in [3.8, 4) is 23.1 Å². The van der Waals surface area contributed by atoms with Crippen molar-refractivity contribution in [1.82, 2.24) is 19.4 Å². The third kappa shape index (κ3) is 5.90. The van der Waals surface area contributed by atoms with Gasteiger partial charge in [0.15, 0.2) is 0 Å². The molecule has 1 amide bonds. The van der Waals surface area contributed by atoms with E-state index in [-0.39, 0.29) is 5.91 Å². The lowest BCUT2D eigenvalue weighted by Gasteiger charge is -2.26. The minimum atomic E-state index is -0.323. The first-order valence-corrected chi connectivity index (χ1v) is 12.8. The lowest BCUT2D eigenvalue weighted by atomic mass is 10.0. The number of aromatic nitrogens is 3. The third-order valence-electron chi connectivity index (χ3n) is 6.65. The Balaban J connectivity index is 1.73. The Kier molecular flexibility index (Phi) is 8.36. The van der Waals surface area contributed by atoms with Gasteiger partial charge in [0.2, 0.25) is 11.9 Å². The number of hydrogen-bond acceptors (Lipinski definition) is 8. The van der Waals surface area contributed by atoms with Crippen molar-refractivity contribution < 1.29 is 9.53 Å². The number of rotatable bonds is 10. The number of likely N-dealkylation sites (N-methyl/N-ethyl adjacent to an activating group) is 2. The Bertz CT molecular complexity index is 1620. The summed E-state index contributed by atoms with van der Waals surface area (Å²) in [6.45, 7) is 7.14. The summed E-state index contributed by atoms with van der Waals surface area (Å²) in [6, 6.07) is 11.7. The number of hydrogen-bond donors (Lipinski definition) is 2. The highest BCUT2D eigenvalue weighted by Gasteiger charge is 2.17. The van der Waals surface area contributed by atoms with E-state index in [0.29, 0.717) is 34.3 Å². The van der Waals surface area contributed by atoms with Crippen LogP contribution in [0.2, 0.25) is 0 Å². The first kappa shape index (κ1) is 28.1. The first-order valence-electron chi connectivity index (χ1n) is 12.8. The van der Waals surface area contributed by atoms with Gasteiger partial charge in [0, 0.05) is 56.6 Å². The molecular weight excluding hydrogens is 504 g/mol. The molecule has 2 N–H and O–H groups in total. The second kappa shape index (κ2) is 11.9. The van der Waals surface area contributed by atoms with Crippen LogP contribution in [0.4, 0.5) is 23.0 Å². The second-order valence-electron chi connectivity index (χ2n) is 9.83. The quantitative estimate of drug-likeness (QED) is 0.280. The largest absolute Gasteiger partial charge is 0.494 e. The maximum atomic E-state index is 12.3. The number of nitrogens with one attached hydrogen (secondary N) is 2. The van der Waals surface area contributed by atoms with E-state index in [2.05, 4.69) is 38.1 Å². The van der Waals surface area contributed by atoms with Crippen LogP contribution in [-0.4, -0.2) is 66.7 Å². The summed E-state index contributed by atoms with van der Waals surface area (Å²) in [4.78, 5) is 25.5. The molecular formula is C30H34N8O2. The molecule has 0 saturated heterocycles. The van der Waals surface area contributed by atoms with Crippen molar-refractivity contribution in [2.75, 3.05) is 56.9 Å². The molecule has 0 aliphatic carbocycles. The minimum absolute atomic E-state index is 0.323. The average molecular weight is 539 g/mol. The van der Waals surface area contributed by atoms with E-state index < -0.39 is 0 Å². The molecule has 10 heteroatoms. The van der Waals surface area contributed by atoms with Crippen LogP contribution >= 0.6 is 0 Å². The maximum absolute atomic E-state index is 12.3. The molecule has 206 valence electrons. The summed E-state index contributed by atoms with van der Waals surface area (Å²) in [6.07, 6.45) is 4.90. The van der Waals surface area contributed by atoms with Crippen LogP contribution in [0.3, 0.4) is 0 Å². The van der Waals surface area contributed by atoms with Gasteiger partial charge in [0.05, 0.1) is 47.0 Å². The molecule has 4 aromatic rings. The highest BCUT2D eigenvalue weighted by atomic mass is 16.5. The molecule has 10 nitrogen and oxygen atoms in total. The topological polar surface area (TPSA) is 111 Å². The number of carbonyl (C=O) groups is 1. The monoisotopic (exact) mass is 538 g/mol. The van der Waals surface area contributed by atoms with Gasteiger partial charge in [-0.15, -0.1) is 0 Å². The Morgan fingerprint density at radius 1 is 1.20 bits per heavy atom. The van der Waals surface area contributed by atoms with Gasteiger partial charge in [-0.1, -0.05) is 6.58 Å². The SMILES string of the molecule is C=CC(=O)Nc1cc(Nc2nccc(-c3cc(C#N)c4c(C)cn(C)c4c3)n2)c(OC)cc1N(C)CCN(C)C. The maximum Gasteiger partial charge on any atom is 0.247 e. The Labute approximate surface area is 234 Å². The number of ether oxygens (including phenoxy) is 1. The van der Waals surface area contributed by atoms with Crippen LogP contribution in [0.1, 0.15) is 11.1 Å². The van der Waals surface area contributed by atoms with Gasteiger partial charge in [-0.3, -0.25) is 4.79 Å². The summed E-state index contributed by atoms with van der Waals surface area (Å²) in [5, 5.41) is 16.9. The molecule has 0 unspecified atom stereocenters. The minimum Gasteiger partial charge on any atom is -0.494 e. The number of carbonyl (C=O) groups excluding carboxylic acids is 1. The van der Waals surface area contributed by atoms with Crippen LogP contribution in [0.25, 0.3) is 22.2 Å². The first-order chi connectivity index (χ1) is 19.1. The van der Waals surface area contributed by atoms with Crippen LogP contribution < -0.4 is 20.3 Å². The summed E-state index contributed by atoms with van der Waals surface area (Å²) in [5.41, 5.74) is 6.03. The molecule has 0 bridgehead atoms. The number of nitrogens with zero attached hydrogens (tertiary/aromatic N) is 6. The van der Waals surface area contributed by atoms with Gasteiger partial charge in [-0.25, -0.2) is 9.97 Å². The van der Waals surface area contributed by atoms with Gasteiger partial charge >= 0.3 is 0 Å². The number of amides is 1. The van der Waals surface area contributed by atoms with Crippen molar-refractivity contribution in [1.29, 1.82) is 5.26 Å². The smallest absolute Gasteiger partial charge is 0.247 e. The summed E-state index contributed by atoms with van der Waals surface area (Å²) in [5.74, 6) is 0.577. The molecule has 2 aromatic carbocycles. The molecule has 0 radical (unpaired) electrons. The van der Waals surface area contributed by atoms with Crippen LogP contribution in [0, 0.1) is 18.3 Å². The highest BCUT2D eigenvalue weighted by Crippen LogP contribution is 2.38. The number of anilines is 4. The molecule has 40 heavy (non-hydrogen) atoms. The van der Waals surface area contributed by atoms with Gasteiger partial charge in [-0.05, 0) is 56.9 Å². The van der Waals surface area contributed by atoms with Crippen molar-refractivity contribution in [3.05, 3.63) is 66.5 Å². The Hall–Kier alpha value is -4.88. The molecule has 0 saturated carbocycles. The van der Waals surface area contributed by atoms with Crippen molar-refractivity contribution in [2.24, 2.45) is 7.05 Å². The van der Waals surface area contributed by atoms with Crippen molar-refractivity contribution in [3.63, 3.8) is 0 Å².